The second-order valence-corrected chi connectivity index (χ2v) is 8.79. The Morgan fingerprint density at radius 1 is 1.12 bits per heavy atom. The van der Waals surface area contributed by atoms with E-state index in [0.717, 1.165) is 49.3 Å². The number of nitrogens with two attached hydrogens (primary N) is 1. The van der Waals surface area contributed by atoms with Gasteiger partial charge in [0.25, 0.3) is 5.91 Å². The fourth-order valence-electron chi connectivity index (χ4n) is 4.89. The summed E-state index contributed by atoms with van der Waals surface area (Å²) in [5.41, 5.74) is 9.12. The zero-order chi connectivity index (χ0) is 22.2. The molecule has 3 N–H and O–H groups in total. The summed E-state index contributed by atoms with van der Waals surface area (Å²) in [4.78, 5) is 40.6. The fraction of sp³-hybridized carbons (Fsp3) is 0.500. The first kappa shape index (κ1) is 20.8. The van der Waals surface area contributed by atoms with Crippen LogP contribution in [0.1, 0.15) is 58.9 Å². The molecule has 2 fully saturated rings. The van der Waals surface area contributed by atoms with Crippen molar-refractivity contribution in [1.82, 2.24) is 30.1 Å². The summed E-state index contributed by atoms with van der Waals surface area (Å²) in [5.74, 6) is -0.779. The Bertz CT molecular complexity index is 1060. The first-order valence-corrected chi connectivity index (χ1v) is 11.1. The number of nitrogens with zero attached hydrogens (tertiary/aromatic N) is 5. The van der Waals surface area contributed by atoms with Crippen molar-refractivity contribution in [3.63, 3.8) is 0 Å². The number of fused-ring (bicyclic) bond motifs is 1. The van der Waals surface area contributed by atoms with E-state index in [1.165, 1.54) is 0 Å². The molecule has 1 aromatic carbocycles. The second kappa shape index (κ2) is 8.44. The lowest BCUT2D eigenvalue weighted by molar-refractivity contribution is -0.136. The van der Waals surface area contributed by atoms with Crippen molar-refractivity contribution in [2.24, 2.45) is 5.73 Å². The van der Waals surface area contributed by atoms with Crippen LogP contribution in [0.5, 0.6) is 0 Å². The maximum atomic E-state index is 13.0. The summed E-state index contributed by atoms with van der Waals surface area (Å²) in [7, 11) is 0. The van der Waals surface area contributed by atoms with Gasteiger partial charge in [0.1, 0.15) is 6.04 Å². The van der Waals surface area contributed by atoms with Gasteiger partial charge in [0.15, 0.2) is 0 Å². The van der Waals surface area contributed by atoms with E-state index in [-0.39, 0.29) is 24.1 Å². The van der Waals surface area contributed by atoms with Gasteiger partial charge < -0.3 is 10.6 Å². The average Bonchev–Trinajstić information content (AvgIpc) is 3.40. The van der Waals surface area contributed by atoms with E-state index in [2.05, 4.69) is 26.6 Å². The molecule has 10 heteroatoms. The summed E-state index contributed by atoms with van der Waals surface area (Å²) < 4.78 is 1.93. The van der Waals surface area contributed by atoms with Crippen LogP contribution in [0.25, 0.3) is 0 Å². The highest BCUT2D eigenvalue weighted by atomic mass is 16.2. The Morgan fingerprint density at radius 3 is 2.66 bits per heavy atom. The quantitative estimate of drug-likeness (QED) is 0.646. The number of carbonyl (C=O) groups excluding carboxylic acids is 3. The van der Waals surface area contributed by atoms with Gasteiger partial charge in [-0.3, -0.25) is 24.6 Å². The number of piperidine rings is 2. The van der Waals surface area contributed by atoms with E-state index in [1.54, 1.807) is 4.90 Å². The largest absolute Gasteiger partial charge is 0.325 e. The van der Waals surface area contributed by atoms with Crippen molar-refractivity contribution in [2.75, 3.05) is 13.1 Å². The van der Waals surface area contributed by atoms with Crippen LogP contribution in [0.3, 0.4) is 0 Å². The van der Waals surface area contributed by atoms with Gasteiger partial charge in [0.05, 0.1) is 17.9 Å². The molecule has 0 bridgehead atoms. The molecule has 5 rings (SSSR count). The lowest BCUT2D eigenvalue weighted by Crippen LogP contribution is -2.52. The Morgan fingerprint density at radius 2 is 1.94 bits per heavy atom. The molecule has 1 aromatic heterocycles. The van der Waals surface area contributed by atoms with Crippen LogP contribution in [0.4, 0.5) is 0 Å². The van der Waals surface area contributed by atoms with Crippen molar-refractivity contribution in [3.05, 3.63) is 46.8 Å². The Balaban J connectivity index is 1.21. The number of hydrogen-bond donors (Lipinski definition) is 2. The molecule has 0 aliphatic carbocycles. The SMILES string of the molecule is NCc1cn(C2CCN(Cc3ccc4c(c3)C(=O)N(C3CCC(=O)NC3=O)C4)CC2)nn1. The number of likely N-dealkylation sites (tertiary alicyclic amines) is 1. The van der Waals surface area contributed by atoms with E-state index < -0.39 is 6.04 Å². The maximum Gasteiger partial charge on any atom is 0.255 e. The maximum absolute atomic E-state index is 13.0. The number of benzene rings is 1. The predicted molar refractivity (Wildman–Crippen MR) is 114 cm³/mol. The summed E-state index contributed by atoms with van der Waals surface area (Å²) in [6, 6.07) is 5.78. The minimum absolute atomic E-state index is 0.128. The number of nitrogens with one attached hydrogen (secondary N) is 1. The summed E-state index contributed by atoms with van der Waals surface area (Å²) in [6.07, 6.45) is 4.55. The number of amides is 3. The highest BCUT2D eigenvalue weighted by Crippen LogP contribution is 2.29. The summed E-state index contributed by atoms with van der Waals surface area (Å²) in [5, 5.41) is 10.6. The summed E-state index contributed by atoms with van der Waals surface area (Å²) in [6.45, 7) is 3.47. The van der Waals surface area contributed by atoms with Crippen LogP contribution in [-0.2, 0) is 29.2 Å². The third-order valence-electron chi connectivity index (χ3n) is 6.70. The molecule has 3 aliphatic rings. The molecule has 3 amide bonds. The van der Waals surface area contributed by atoms with Gasteiger partial charge in [-0.1, -0.05) is 17.3 Å². The number of imide groups is 1. The molecular weight excluding hydrogens is 410 g/mol. The molecule has 2 aromatic rings. The van der Waals surface area contributed by atoms with Crippen LogP contribution in [-0.4, -0.2) is 61.6 Å². The van der Waals surface area contributed by atoms with Gasteiger partial charge in [0, 0.05) is 44.7 Å². The Kier molecular flexibility index (Phi) is 5.48. The number of carbonyl (C=O) groups is 3. The molecule has 168 valence electrons. The molecule has 3 aliphatic heterocycles. The Hall–Kier alpha value is -3.11. The van der Waals surface area contributed by atoms with Crippen LogP contribution in [0, 0.1) is 0 Å². The van der Waals surface area contributed by atoms with E-state index >= 15 is 0 Å². The monoisotopic (exact) mass is 437 g/mol. The standard InChI is InChI=1S/C22H27N7O3/c23-10-16-13-29(26-25-16)17-5-7-27(8-6-17)11-14-1-2-15-12-28(22(32)18(15)9-14)19-3-4-20(30)24-21(19)31/h1-2,9,13,17,19H,3-8,10-12,23H2,(H,24,30,31). The van der Waals surface area contributed by atoms with Crippen LogP contribution in [0.2, 0.25) is 0 Å². The molecule has 4 heterocycles. The van der Waals surface area contributed by atoms with E-state index in [1.807, 2.05) is 23.0 Å². The van der Waals surface area contributed by atoms with Gasteiger partial charge in [0.2, 0.25) is 11.8 Å². The molecule has 32 heavy (non-hydrogen) atoms. The smallest absolute Gasteiger partial charge is 0.255 e. The minimum atomic E-state index is -0.577. The zero-order valence-electron chi connectivity index (χ0n) is 17.9. The molecule has 1 atom stereocenters. The molecule has 0 saturated carbocycles. The highest BCUT2D eigenvalue weighted by molar-refractivity contribution is 6.05. The molecule has 0 spiro atoms. The first-order valence-electron chi connectivity index (χ1n) is 11.1. The third-order valence-corrected chi connectivity index (χ3v) is 6.70. The van der Waals surface area contributed by atoms with E-state index in [0.29, 0.717) is 31.1 Å². The van der Waals surface area contributed by atoms with Gasteiger partial charge in [-0.05, 0) is 36.5 Å². The van der Waals surface area contributed by atoms with Gasteiger partial charge in [-0.25, -0.2) is 4.68 Å². The number of rotatable bonds is 5. The number of hydrogen-bond acceptors (Lipinski definition) is 7. The number of aromatic nitrogens is 3. The van der Waals surface area contributed by atoms with Crippen molar-refractivity contribution in [1.29, 1.82) is 0 Å². The first-order chi connectivity index (χ1) is 15.5. The van der Waals surface area contributed by atoms with Crippen molar-refractivity contribution < 1.29 is 14.4 Å². The van der Waals surface area contributed by atoms with E-state index in [9.17, 15) is 14.4 Å². The lowest BCUT2D eigenvalue weighted by atomic mass is 10.0. The Labute approximate surface area is 185 Å². The zero-order valence-corrected chi connectivity index (χ0v) is 17.9. The van der Waals surface area contributed by atoms with Crippen molar-refractivity contribution in [2.45, 2.75) is 57.4 Å². The van der Waals surface area contributed by atoms with Crippen LogP contribution >= 0.6 is 0 Å². The molecule has 1 unspecified atom stereocenters. The molecule has 0 radical (unpaired) electrons. The van der Waals surface area contributed by atoms with Crippen molar-refractivity contribution in [3.8, 4) is 0 Å². The lowest BCUT2D eigenvalue weighted by Gasteiger charge is -2.31. The fourth-order valence-corrected chi connectivity index (χ4v) is 4.89. The molecule has 2 saturated heterocycles. The van der Waals surface area contributed by atoms with Gasteiger partial charge in [-0.2, -0.15) is 0 Å². The second-order valence-electron chi connectivity index (χ2n) is 8.79. The highest BCUT2D eigenvalue weighted by Gasteiger charge is 2.39. The van der Waals surface area contributed by atoms with Crippen LogP contribution in [0.15, 0.2) is 24.4 Å². The normalized spacial score (nSPS) is 22.3. The topological polar surface area (TPSA) is 126 Å². The predicted octanol–water partition coefficient (Wildman–Crippen LogP) is 0.335. The third kappa shape index (κ3) is 3.91. The average molecular weight is 438 g/mol. The van der Waals surface area contributed by atoms with Crippen molar-refractivity contribution >= 4 is 17.7 Å². The van der Waals surface area contributed by atoms with Gasteiger partial charge >= 0.3 is 0 Å². The minimum Gasteiger partial charge on any atom is -0.325 e. The van der Waals surface area contributed by atoms with Crippen LogP contribution < -0.4 is 11.1 Å². The van der Waals surface area contributed by atoms with Gasteiger partial charge in [-0.15, -0.1) is 5.10 Å². The molecular formula is C22H27N7O3. The molecule has 10 nitrogen and oxygen atoms in total. The summed E-state index contributed by atoms with van der Waals surface area (Å²) >= 11 is 0. The van der Waals surface area contributed by atoms with E-state index in [4.69, 9.17) is 5.73 Å².